The predicted molar refractivity (Wildman–Crippen MR) is 125 cm³/mol. The molecule has 0 aliphatic carbocycles. The number of nitrogens with one attached hydrogen (secondary N) is 1. The second-order valence-electron chi connectivity index (χ2n) is 8.57. The number of aromatic nitrogens is 2. The molecule has 198 valence electrons. The summed E-state index contributed by atoms with van der Waals surface area (Å²) in [5.74, 6) is -4.75. The van der Waals surface area contributed by atoms with E-state index in [1.165, 1.54) is 30.0 Å². The molecule has 0 spiro atoms. The Morgan fingerprint density at radius 1 is 1.05 bits per heavy atom. The van der Waals surface area contributed by atoms with Gasteiger partial charge in [-0.15, -0.1) is 11.3 Å². The molecule has 3 heterocycles. The highest BCUT2D eigenvalue weighted by molar-refractivity contribution is 7.20. The number of amides is 2. The minimum atomic E-state index is -4.67. The van der Waals surface area contributed by atoms with E-state index in [-0.39, 0.29) is 44.9 Å². The van der Waals surface area contributed by atoms with Crippen molar-refractivity contribution in [3.8, 4) is 0 Å². The van der Waals surface area contributed by atoms with Crippen molar-refractivity contribution in [3.63, 3.8) is 0 Å². The van der Waals surface area contributed by atoms with Gasteiger partial charge in [0.15, 0.2) is 0 Å². The molecule has 14 heteroatoms. The summed E-state index contributed by atoms with van der Waals surface area (Å²) in [6.45, 7) is -0.896. The Hall–Kier alpha value is -3.55. The van der Waals surface area contributed by atoms with E-state index >= 15 is 8.78 Å². The van der Waals surface area contributed by atoms with E-state index in [1.54, 1.807) is 0 Å². The smallest absolute Gasteiger partial charge is 0.353 e. The van der Waals surface area contributed by atoms with Gasteiger partial charge < -0.3 is 10.2 Å². The number of thiophene rings is 1. The molecule has 1 saturated heterocycles. The van der Waals surface area contributed by atoms with Gasteiger partial charge in [-0.25, -0.2) is 4.79 Å². The van der Waals surface area contributed by atoms with Crippen LogP contribution in [0.4, 0.5) is 22.0 Å². The van der Waals surface area contributed by atoms with Gasteiger partial charge in [-0.3, -0.25) is 23.5 Å². The number of rotatable bonds is 6. The zero-order chi connectivity index (χ0) is 27.1. The van der Waals surface area contributed by atoms with Crippen molar-refractivity contribution in [2.45, 2.75) is 38.5 Å². The highest BCUT2D eigenvalue weighted by atomic mass is 32.1. The lowest BCUT2D eigenvalue weighted by Crippen LogP contribution is -2.49. The molecule has 1 aliphatic heterocycles. The molecular weight excluding hydrogens is 523 g/mol. The fraction of sp³-hybridized carbons (Fsp3) is 0.391. The first-order valence-corrected chi connectivity index (χ1v) is 11.9. The Balaban J connectivity index is 1.88. The van der Waals surface area contributed by atoms with Crippen LogP contribution in [0.25, 0.3) is 10.2 Å². The van der Waals surface area contributed by atoms with Crippen LogP contribution in [0.2, 0.25) is 0 Å². The first kappa shape index (κ1) is 26.5. The normalized spacial score (nSPS) is 14.8. The third-order valence-corrected chi connectivity index (χ3v) is 7.29. The van der Waals surface area contributed by atoms with Crippen molar-refractivity contribution in [2.24, 2.45) is 0 Å². The molecule has 0 unspecified atom stereocenters. The predicted octanol–water partition coefficient (Wildman–Crippen LogP) is 2.85. The first-order valence-electron chi connectivity index (χ1n) is 11.1. The second kappa shape index (κ2) is 9.72. The summed E-state index contributed by atoms with van der Waals surface area (Å²) in [5.41, 5.74) is -2.92. The SMILES string of the molecule is Cc1c(C(=O)N2CCNC(=O)C2)sc2c1c(=O)n(CC(F)(F)c1ccccc1)c(=O)n2CCC(F)(F)F. The van der Waals surface area contributed by atoms with Crippen molar-refractivity contribution in [1.29, 1.82) is 0 Å². The molecular formula is C23H21F5N4O4S. The summed E-state index contributed by atoms with van der Waals surface area (Å²) in [7, 11) is 0. The monoisotopic (exact) mass is 544 g/mol. The van der Waals surface area contributed by atoms with Crippen molar-refractivity contribution in [2.75, 3.05) is 19.6 Å². The van der Waals surface area contributed by atoms with Gasteiger partial charge in [0.1, 0.15) is 4.83 Å². The van der Waals surface area contributed by atoms with Crippen LogP contribution in [0, 0.1) is 6.92 Å². The average Bonchev–Trinajstić information content (AvgIpc) is 3.18. The van der Waals surface area contributed by atoms with Crippen molar-refractivity contribution < 1.29 is 31.5 Å². The fourth-order valence-corrected chi connectivity index (χ4v) is 5.39. The van der Waals surface area contributed by atoms with Gasteiger partial charge in [-0.1, -0.05) is 30.3 Å². The molecule has 1 N–H and O–H groups in total. The molecule has 1 aromatic carbocycles. The Bertz CT molecular complexity index is 1480. The van der Waals surface area contributed by atoms with E-state index in [0.29, 0.717) is 15.9 Å². The van der Waals surface area contributed by atoms with Crippen molar-refractivity contribution in [3.05, 3.63) is 67.2 Å². The molecule has 1 aliphatic rings. The third-order valence-electron chi connectivity index (χ3n) is 5.99. The molecule has 2 aromatic heterocycles. The average molecular weight is 545 g/mol. The van der Waals surface area contributed by atoms with Gasteiger partial charge in [-0.05, 0) is 12.5 Å². The number of hydrogen-bond acceptors (Lipinski definition) is 5. The van der Waals surface area contributed by atoms with E-state index in [4.69, 9.17) is 0 Å². The Morgan fingerprint density at radius 3 is 2.35 bits per heavy atom. The van der Waals surface area contributed by atoms with Crippen LogP contribution in [0.15, 0.2) is 39.9 Å². The summed E-state index contributed by atoms with van der Waals surface area (Å²) < 4.78 is 70.0. The maximum absolute atomic E-state index is 15.0. The quantitative estimate of drug-likeness (QED) is 0.483. The van der Waals surface area contributed by atoms with E-state index in [1.807, 2.05) is 0 Å². The van der Waals surface area contributed by atoms with Crippen molar-refractivity contribution in [1.82, 2.24) is 19.4 Å². The van der Waals surface area contributed by atoms with E-state index < -0.39 is 60.2 Å². The number of halogens is 5. The number of carbonyl (C=O) groups is 2. The molecule has 8 nitrogen and oxygen atoms in total. The lowest BCUT2D eigenvalue weighted by atomic mass is 10.1. The summed E-state index contributed by atoms with van der Waals surface area (Å²) in [5, 5.41) is 2.26. The maximum atomic E-state index is 15.0. The highest BCUT2D eigenvalue weighted by Gasteiger charge is 2.36. The minimum Gasteiger partial charge on any atom is -0.353 e. The molecule has 4 rings (SSSR count). The number of hydrogen-bond donors (Lipinski definition) is 1. The molecule has 1 fully saturated rings. The molecule has 0 atom stereocenters. The van der Waals surface area contributed by atoms with E-state index in [9.17, 15) is 32.3 Å². The number of piperazine rings is 1. The lowest BCUT2D eigenvalue weighted by molar-refractivity contribution is -0.136. The number of benzene rings is 1. The third kappa shape index (κ3) is 5.29. The lowest BCUT2D eigenvalue weighted by Gasteiger charge is -2.26. The first-order chi connectivity index (χ1) is 17.3. The van der Waals surface area contributed by atoms with Gasteiger partial charge >= 0.3 is 11.9 Å². The van der Waals surface area contributed by atoms with Crippen LogP contribution in [0.5, 0.6) is 0 Å². The number of alkyl halides is 5. The van der Waals surface area contributed by atoms with E-state index in [2.05, 4.69) is 5.32 Å². The van der Waals surface area contributed by atoms with Gasteiger partial charge in [0, 0.05) is 25.2 Å². The molecule has 37 heavy (non-hydrogen) atoms. The molecule has 3 aromatic rings. The zero-order valence-electron chi connectivity index (χ0n) is 19.4. The number of aryl methyl sites for hydroxylation is 2. The van der Waals surface area contributed by atoms with Crippen molar-refractivity contribution >= 4 is 33.4 Å². The Morgan fingerprint density at radius 2 is 1.73 bits per heavy atom. The zero-order valence-corrected chi connectivity index (χ0v) is 20.2. The van der Waals surface area contributed by atoms with Crippen LogP contribution in [0.3, 0.4) is 0 Å². The van der Waals surface area contributed by atoms with Crippen LogP contribution in [-0.2, 0) is 23.8 Å². The summed E-state index contributed by atoms with van der Waals surface area (Å²) in [6.07, 6.45) is -6.13. The number of nitrogens with zero attached hydrogens (tertiary/aromatic N) is 3. The summed E-state index contributed by atoms with van der Waals surface area (Å²) >= 11 is 0.627. The topological polar surface area (TPSA) is 93.4 Å². The summed E-state index contributed by atoms with van der Waals surface area (Å²) in [4.78, 5) is 52.2. The van der Waals surface area contributed by atoms with Crippen LogP contribution in [-0.4, -0.2) is 51.7 Å². The largest absolute Gasteiger partial charge is 0.390 e. The van der Waals surface area contributed by atoms with Gasteiger partial charge in [-0.2, -0.15) is 22.0 Å². The molecule has 0 bridgehead atoms. The van der Waals surface area contributed by atoms with E-state index in [0.717, 1.165) is 12.1 Å². The highest BCUT2D eigenvalue weighted by Crippen LogP contribution is 2.32. The van der Waals surface area contributed by atoms with Crippen LogP contribution >= 0.6 is 11.3 Å². The molecule has 2 amide bonds. The molecule has 0 saturated carbocycles. The minimum absolute atomic E-state index is 0.0403. The maximum Gasteiger partial charge on any atom is 0.390 e. The van der Waals surface area contributed by atoms with Gasteiger partial charge in [0.25, 0.3) is 17.4 Å². The van der Waals surface area contributed by atoms with Gasteiger partial charge in [0.2, 0.25) is 5.91 Å². The second-order valence-corrected chi connectivity index (χ2v) is 9.57. The Labute approximate surface area is 209 Å². The fourth-order valence-electron chi connectivity index (χ4n) is 4.10. The summed E-state index contributed by atoms with van der Waals surface area (Å²) in [6, 6.07) is 6.40. The number of carbonyl (C=O) groups excluding carboxylic acids is 2. The molecule has 0 radical (unpaired) electrons. The number of fused-ring (bicyclic) bond motifs is 1. The van der Waals surface area contributed by atoms with Crippen LogP contribution in [0.1, 0.15) is 27.2 Å². The Kier molecular flexibility index (Phi) is 6.97. The van der Waals surface area contributed by atoms with Gasteiger partial charge in [0.05, 0.1) is 29.8 Å². The standard InChI is InChI=1S/C23H21F5N4O4S/c1-13-16-18(34)32(12-22(24,25)14-5-3-2-4-6-14)21(36)31(9-7-23(26,27)28)20(16)37-17(13)19(35)30-10-8-29-15(33)11-30/h2-6H,7-12H2,1H3,(H,29,33). The van der Waals surface area contributed by atoms with Crippen LogP contribution < -0.4 is 16.6 Å².